The van der Waals surface area contributed by atoms with Crippen molar-refractivity contribution < 1.29 is 14.3 Å². The summed E-state index contributed by atoms with van der Waals surface area (Å²) in [5, 5.41) is 5.65. The monoisotopic (exact) mass is 347 g/mol. The van der Waals surface area contributed by atoms with Gasteiger partial charge in [-0.15, -0.1) is 0 Å². The third kappa shape index (κ3) is 7.11. The van der Waals surface area contributed by atoms with E-state index in [0.717, 1.165) is 25.7 Å². The van der Waals surface area contributed by atoms with Crippen LogP contribution >= 0.6 is 0 Å². The van der Waals surface area contributed by atoms with Crippen molar-refractivity contribution in [3.8, 4) is 5.88 Å². The zero-order chi connectivity index (χ0) is 18.1. The first-order chi connectivity index (χ1) is 12.0. The van der Waals surface area contributed by atoms with Gasteiger partial charge >= 0.3 is 0 Å². The highest BCUT2D eigenvalue weighted by atomic mass is 16.5. The van der Waals surface area contributed by atoms with Crippen LogP contribution in [-0.4, -0.2) is 29.9 Å². The van der Waals surface area contributed by atoms with Crippen molar-refractivity contribution >= 4 is 17.5 Å². The molecule has 138 valence electrons. The second-order valence-electron chi connectivity index (χ2n) is 7.01. The zero-order valence-electron chi connectivity index (χ0n) is 15.2. The second kappa shape index (κ2) is 10.0. The van der Waals surface area contributed by atoms with Crippen molar-refractivity contribution in [2.24, 2.45) is 11.8 Å². The number of hydrogen-bond acceptors (Lipinski definition) is 4. The lowest BCUT2D eigenvalue weighted by Crippen LogP contribution is -2.34. The van der Waals surface area contributed by atoms with E-state index in [2.05, 4.69) is 29.5 Å². The van der Waals surface area contributed by atoms with E-state index in [0.29, 0.717) is 30.6 Å². The van der Waals surface area contributed by atoms with Crippen molar-refractivity contribution in [1.82, 2.24) is 10.3 Å². The number of amides is 2. The zero-order valence-corrected chi connectivity index (χ0v) is 15.2. The molecule has 6 heteroatoms. The summed E-state index contributed by atoms with van der Waals surface area (Å²) < 4.78 is 5.50. The van der Waals surface area contributed by atoms with Crippen LogP contribution < -0.4 is 15.4 Å². The van der Waals surface area contributed by atoms with Crippen LogP contribution in [0.25, 0.3) is 0 Å². The Balaban J connectivity index is 1.66. The van der Waals surface area contributed by atoms with E-state index in [4.69, 9.17) is 4.74 Å². The number of pyridine rings is 1. The van der Waals surface area contributed by atoms with Crippen molar-refractivity contribution in [1.29, 1.82) is 0 Å². The van der Waals surface area contributed by atoms with E-state index >= 15 is 0 Å². The van der Waals surface area contributed by atoms with Crippen LogP contribution in [0.2, 0.25) is 0 Å². The van der Waals surface area contributed by atoms with E-state index in [-0.39, 0.29) is 24.2 Å². The van der Waals surface area contributed by atoms with Gasteiger partial charge in [-0.3, -0.25) is 9.59 Å². The topological polar surface area (TPSA) is 80.3 Å². The summed E-state index contributed by atoms with van der Waals surface area (Å²) in [6.07, 6.45) is 7.24. The van der Waals surface area contributed by atoms with Gasteiger partial charge in [-0.05, 0) is 24.8 Å². The molecular formula is C19H29N3O3. The molecular weight excluding hydrogens is 318 g/mol. The fourth-order valence-corrected chi connectivity index (χ4v) is 2.82. The summed E-state index contributed by atoms with van der Waals surface area (Å²) >= 11 is 0. The summed E-state index contributed by atoms with van der Waals surface area (Å²) in [6.45, 7) is 5.12. The summed E-state index contributed by atoms with van der Waals surface area (Å²) in [6, 6.07) is 3.50. The molecule has 1 aliphatic carbocycles. The fourth-order valence-electron chi connectivity index (χ4n) is 2.82. The van der Waals surface area contributed by atoms with Crippen LogP contribution in [0.1, 0.15) is 52.4 Å². The Kier molecular flexibility index (Phi) is 7.70. The van der Waals surface area contributed by atoms with Gasteiger partial charge in [0, 0.05) is 24.9 Å². The van der Waals surface area contributed by atoms with Crippen molar-refractivity contribution in [2.45, 2.75) is 52.4 Å². The predicted molar refractivity (Wildman–Crippen MR) is 97.4 cm³/mol. The molecule has 0 aliphatic heterocycles. The summed E-state index contributed by atoms with van der Waals surface area (Å²) in [4.78, 5) is 28.1. The van der Waals surface area contributed by atoms with E-state index in [9.17, 15) is 9.59 Å². The molecule has 0 saturated heterocycles. The van der Waals surface area contributed by atoms with Crippen LogP contribution in [0.4, 0.5) is 5.69 Å². The van der Waals surface area contributed by atoms with Crippen molar-refractivity contribution in [3.63, 3.8) is 0 Å². The number of anilines is 1. The van der Waals surface area contributed by atoms with Crippen LogP contribution in [0.5, 0.6) is 5.88 Å². The molecule has 25 heavy (non-hydrogen) atoms. The molecule has 2 amide bonds. The van der Waals surface area contributed by atoms with Gasteiger partial charge in [0.25, 0.3) is 0 Å². The van der Waals surface area contributed by atoms with Crippen LogP contribution in [0.15, 0.2) is 18.3 Å². The molecule has 1 fully saturated rings. The highest BCUT2D eigenvalue weighted by molar-refractivity contribution is 5.91. The number of ether oxygens (including phenoxy) is 1. The lowest BCUT2D eigenvalue weighted by molar-refractivity contribution is -0.126. The average molecular weight is 347 g/mol. The fraction of sp³-hybridized carbons (Fsp3) is 0.632. The third-order valence-corrected chi connectivity index (χ3v) is 4.21. The van der Waals surface area contributed by atoms with Crippen LogP contribution in [-0.2, 0) is 9.59 Å². The molecule has 1 saturated carbocycles. The van der Waals surface area contributed by atoms with Gasteiger partial charge in [-0.2, -0.15) is 0 Å². The summed E-state index contributed by atoms with van der Waals surface area (Å²) in [5.74, 6) is 1.05. The van der Waals surface area contributed by atoms with Gasteiger partial charge in [0.1, 0.15) is 0 Å². The molecule has 6 nitrogen and oxygen atoms in total. The number of carbonyl (C=O) groups excluding carboxylic acids is 2. The maximum atomic E-state index is 12.0. The minimum Gasteiger partial charge on any atom is -0.477 e. The molecule has 0 spiro atoms. The maximum absolute atomic E-state index is 12.0. The number of nitrogens with one attached hydrogen (secondary N) is 2. The number of hydrogen-bond donors (Lipinski definition) is 2. The molecule has 1 aromatic heterocycles. The summed E-state index contributed by atoms with van der Waals surface area (Å²) in [7, 11) is 0. The lowest BCUT2D eigenvalue weighted by Gasteiger charge is -2.20. The van der Waals surface area contributed by atoms with Gasteiger partial charge in [0.05, 0.1) is 18.5 Å². The standard InChI is InChI=1S/C19H29N3O3/c1-14(2)13-25-18-9-8-16(12-21-18)22-17(23)10-11-20-19(24)15-6-4-3-5-7-15/h8-9,12,14-15H,3-7,10-11,13H2,1-2H3,(H,20,24)(H,22,23). The molecule has 0 aromatic carbocycles. The first kappa shape index (κ1) is 19.2. The molecule has 0 bridgehead atoms. The van der Waals surface area contributed by atoms with Crippen LogP contribution in [0, 0.1) is 11.8 Å². The second-order valence-corrected chi connectivity index (χ2v) is 7.01. The van der Waals surface area contributed by atoms with E-state index in [1.165, 1.54) is 6.42 Å². The number of nitrogens with zero attached hydrogens (tertiary/aromatic N) is 1. The first-order valence-corrected chi connectivity index (χ1v) is 9.21. The first-order valence-electron chi connectivity index (χ1n) is 9.21. The Hall–Kier alpha value is -2.11. The third-order valence-electron chi connectivity index (χ3n) is 4.21. The van der Waals surface area contributed by atoms with E-state index in [1.54, 1.807) is 18.3 Å². The van der Waals surface area contributed by atoms with Gasteiger partial charge < -0.3 is 15.4 Å². The van der Waals surface area contributed by atoms with Crippen LogP contribution in [0.3, 0.4) is 0 Å². The minimum atomic E-state index is -0.137. The van der Waals surface area contributed by atoms with Gasteiger partial charge in [-0.1, -0.05) is 33.1 Å². The largest absolute Gasteiger partial charge is 0.477 e. The number of rotatable bonds is 8. The molecule has 2 rings (SSSR count). The lowest BCUT2D eigenvalue weighted by atomic mass is 9.89. The van der Waals surface area contributed by atoms with Gasteiger partial charge in [0.2, 0.25) is 17.7 Å². The SMILES string of the molecule is CC(C)COc1ccc(NC(=O)CCNC(=O)C2CCCCC2)cn1. The minimum absolute atomic E-state index is 0.0841. The Bertz CT molecular complexity index is 552. The normalized spacial score (nSPS) is 15.0. The summed E-state index contributed by atoms with van der Waals surface area (Å²) in [5.41, 5.74) is 0.625. The Morgan fingerprint density at radius 3 is 2.64 bits per heavy atom. The highest BCUT2D eigenvalue weighted by Gasteiger charge is 2.20. The van der Waals surface area contributed by atoms with E-state index < -0.39 is 0 Å². The number of aromatic nitrogens is 1. The molecule has 0 unspecified atom stereocenters. The predicted octanol–water partition coefficient (Wildman–Crippen LogP) is 3.14. The number of carbonyl (C=O) groups is 2. The van der Waals surface area contributed by atoms with E-state index in [1.807, 2.05) is 0 Å². The molecule has 1 heterocycles. The molecule has 0 atom stereocenters. The maximum Gasteiger partial charge on any atom is 0.226 e. The average Bonchev–Trinajstić information content (AvgIpc) is 2.61. The van der Waals surface area contributed by atoms with Crippen molar-refractivity contribution in [2.75, 3.05) is 18.5 Å². The van der Waals surface area contributed by atoms with Gasteiger partial charge in [-0.25, -0.2) is 4.98 Å². The molecule has 0 radical (unpaired) electrons. The Morgan fingerprint density at radius 2 is 2.00 bits per heavy atom. The molecule has 1 aromatic rings. The quantitative estimate of drug-likeness (QED) is 0.757. The molecule has 2 N–H and O–H groups in total. The van der Waals surface area contributed by atoms with Crippen molar-refractivity contribution in [3.05, 3.63) is 18.3 Å². The highest BCUT2D eigenvalue weighted by Crippen LogP contribution is 2.23. The molecule has 1 aliphatic rings. The van der Waals surface area contributed by atoms with Gasteiger partial charge in [0.15, 0.2) is 0 Å². The Morgan fingerprint density at radius 1 is 1.24 bits per heavy atom. The Labute approximate surface area is 149 Å². The smallest absolute Gasteiger partial charge is 0.226 e.